The number of benzene rings is 1. The molecule has 26 heavy (non-hydrogen) atoms. The second kappa shape index (κ2) is 7.14. The molecule has 0 aliphatic rings. The predicted octanol–water partition coefficient (Wildman–Crippen LogP) is 5.04. The van der Waals surface area contributed by atoms with Gasteiger partial charge in [0.1, 0.15) is 5.76 Å². The highest BCUT2D eigenvalue weighted by Crippen LogP contribution is 2.23. The Hall–Kier alpha value is -2.92. The summed E-state index contributed by atoms with van der Waals surface area (Å²) in [5.41, 5.74) is 2.35. The first kappa shape index (κ1) is 16.5. The number of hydrogen-bond acceptors (Lipinski definition) is 4. The summed E-state index contributed by atoms with van der Waals surface area (Å²) in [7, 11) is 0. The SMILES string of the molecule is Cc1cc(C(=O)N(Cc2ccco2)Cc2cccs2)c2ccccc2n1. The van der Waals surface area contributed by atoms with E-state index in [-0.39, 0.29) is 5.91 Å². The molecular weight excluding hydrogens is 344 g/mol. The van der Waals surface area contributed by atoms with Gasteiger partial charge in [-0.25, -0.2) is 0 Å². The van der Waals surface area contributed by atoms with Gasteiger partial charge in [0.2, 0.25) is 0 Å². The zero-order valence-electron chi connectivity index (χ0n) is 14.4. The topological polar surface area (TPSA) is 46.3 Å². The first-order valence-electron chi connectivity index (χ1n) is 8.41. The minimum Gasteiger partial charge on any atom is -0.467 e. The average Bonchev–Trinajstić information content (AvgIpc) is 3.34. The van der Waals surface area contributed by atoms with Crippen LogP contribution < -0.4 is 0 Å². The Labute approximate surface area is 155 Å². The highest BCUT2D eigenvalue weighted by Gasteiger charge is 2.21. The summed E-state index contributed by atoms with van der Waals surface area (Å²) >= 11 is 1.65. The number of carbonyl (C=O) groups is 1. The Morgan fingerprint density at radius 2 is 2.00 bits per heavy atom. The zero-order valence-corrected chi connectivity index (χ0v) is 15.2. The summed E-state index contributed by atoms with van der Waals surface area (Å²) in [5.74, 6) is 0.751. The summed E-state index contributed by atoms with van der Waals surface area (Å²) in [6.07, 6.45) is 1.63. The smallest absolute Gasteiger partial charge is 0.255 e. The summed E-state index contributed by atoms with van der Waals surface area (Å²) in [6.45, 7) is 2.89. The van der Waals surface area contributed by atoms with Gasteiger partial charge in [-0.15, -0.1) is 11.3 Å². The monoisotopic (exact) mass is 362 g/mol. The van der Waals surface area contributed by atoms with Crippen molar-refractivity contribution in [3.8, 4) is 0 Å². The van der Waals surface area contributed by atoms with E-state index in [0.717, 1.165) is 27.2 Å². The number of furan rings is 1. The van der Waals surface area contributed by atoms with Crippen LogP contribution in [0.1, 0.15) is 26.7 Å². The third-order valence-corrected chi connectivity index (χ3v) is 5.08. The molecule has 4 rings (SSSR count). The maximum Gasteiger partial charge on any atom is 0.255 e. The van der Waals surface area contributed by atoms with Gasteiger partial charge in [-0.3, -0.25) is 9.78 Å². The number of fused-ring (bicyclic) bond motifs is 1. The Morgan fingerprint density at radius 3 is 2.77 bits per heavy atom. The number of hydrogen-bond donors (Lipinski definition) is 0. The fraction of sp³-hybridized carbons (Fsp3) is 0.143. The molecular formula is C21H18N2O2S. The molecule has 0 bridgehead atoms. The Bertz CT molecular complexity index is 987. The van der Waals surface area contributed by atoms with Crippen LogP contribution in [0.4, 0.5) is 0 Å². The van der Waals surface area contributed by atoms with E-state index < -0.39 is 0 Å². The maximum atomic E-state index is 13.4. The number of rotatable bonds is 5. The van der Waals surface area contributed by atoms with E-state index in [0.29, 0.717) is 18.7 Å². The molecule has 4 aromatic rings. The third kappa shape index (κ3) is 3.39. The molecule has 1 aromatic carbocycles. The predicted molar refractivity (Wildman–Crippen MR) is 103 cm³/mol. The van der Waals surface area contributed by atoms with Crippen LogP contribution in [0.5, 0.6) is 0 Å². The van der Waals surface area contributed by atoms with E-state index in [2.05, 4.69) is 4.98 Å². The minimum absolute atomic E-state index is 0.0171. The number of aryl methyl sites for hydroxylation is 1. The Kier molecular flexibility index (Phi) is 4.54. The second-order valence-corrected chi connectivity index (χ2v) is 7.18. The van der Waals surface area contributed by atoms with Crippen molar-refractivity contribution >= 4 is 28.1 Å². The first-order valence-corrected chi connectivity index (χ1v) is 9.29. The number of para-hydroxylation sites is 1. The number of thiophene rings is 1. The fourth-order valence-electron chi connectivity index (χ4n) is 3.04. The highest BCUT2D eigenvalue weighted by atomic mass is 32.1. The van der Waals surface area contributed by atoms with Crippen LogP contribution >= 0.6 is 11.3 Å². The van der Waals surface area contributed by atoms with Crippen LogP contribution in [-0.4, -0.2) is 15.8 Å². The second-order valence-electron chi connectivity index (χ2n) is 6.15. The summed E-state index contributed by atoms with van der Waals surface area (Å²) in [5, 5.41) is 2.90. The highest BCUT2D eigenvalue weighted by molar-refractivity contribution is 7.09. The average molecular weight is 362 g/mol. The van der Waals surface area contributed by atoms with Gasteiger partial charge in [0.25, 0.3) is 5.91 Å². The van der Waals surface area contributed by atoms with Gasteiger partial charge >= 0.3 is 0 Å². The normalized spacial score (nSPS) is 11.0. The van der Waals surface area contributed by atoms with Gasteiger partial charge in [-0.2, -0.15) is 0 Å². The number of aromatic nitrogens is 1. The molecule has 0 aliphatic carbocycles. The van der Waals surface area contributed by atoms with E-state index in [1.54, 1.807) is 17.6 Å². The van der Waals surface area contributed by atoms with E-state index >= 15 is 0 Å². The molecule has 5 heteroatoms. The van der Waals surface area contributed by atoms with Crippen molar-refractivity contribution in [2.45, 2.75) is 20.0 Å². The molecule has 3 aromatic heterocycles. The van der Waals surface area contributed by atoms with E-state index in [4.69, 9.17) is 4.42 Å². The molecule has 0 unspecified atom stereocenters. The van der Waals surface area contributed by atoms with E-state index in [1.165, 1.54) is 0 Å². The molecule has 0 spiro atoms. The van der Waals surface area contributed by atoms with Crippen molar-refractivity contribution < 1.29 is 9.21 Å². The quantitative estimate of drug-likeness (QED) is 0.500. The van der Waals surface area contributed by atoms with Crippen LogP contribution in [0.15, 0.2) is 70.7 Å². The Balaban J connectivity index is 1.74. The lowest BCUT2D eigenvalue weighted by Gasteiger charge is -2.22. The van der Waals surface area contributed by atoms with Gasteiger partial charge in [0, 0.05) is 16.0 Å². The molecule has 4 nitrogen and oxygen atoms in total. The first-order chi connectivity index (χ1) is 12.7. The van der Waals surface area contributed by atoms with Crippen molar-refractivity contribution in [1.29, 1.82) is 0 Å². The van der Waals surface area contributed by atoms with Crippen molar-refractivity contribution in [2.75, 3.05) is 0 Å². The molecule has 0 atom stereocenters. The molecule has 3 heterocycles. The van der Waals surface area contributed by atoms with Crippen LogP contribution in [0.3, 0.4) is 0 Å². The van der Waals surface area contributed by atoms with Crippen LogP contribution in [0.25, 0.3) is 10.9 Å². The summed E-state index contributed by atoms with van der Waals surface area (Å²) < 4.78 is 5.48. The summed E-state index contributed by atoms with van der Waals surface area (Å²) in [6, 6.07) is 17.4. The van der Waals surface area contributed by atoms with Crippen LogP contribution in [0.2, 0.25) is 0 Å². The third-order valence-electron chi connectivity index (χ3n) is 4.22. The van der Waals surface area contributed by atoms with Crippen molar-refractivity contribution in [2.24, 2.45) is 0 Å². The molecule has 0 saturated carbocycles. The van der Waals surface area contributed by atoms with E-state index in [9.17, 15) is 4.79 Å². The van der Waals surface area contributed by atoms with Crippen LogP contribution in [-0.2, 0) is 13.1 Å². The molecule has 0 radical (unpaired) electrons. The summed E-state index contributed by atoms with van der Waals surface area (Å²) in [4.78, 5) is 20.9. The van der Waals surface area contributed by atoms with Gasteiger partial charge < -0.3 is 9.32 Å². The van der Waals surface area contributed by atoms with E-state index in [1.807, 2.05) is 71.8 Å². The largest absolute Gasteiger partial charge is 0.467 e. The molecule has 0 N–H and O–H groups in total. The molecule has 0 fully saturated rings. The molecule has 1 amide bonds. The van der Waals surface area contributed by atoms with Gasteiger partial charge in [-0.1, -0.05) is 24.3 Å². The number of pyridine rings is 1. The van der Waals surface area contributed by atoms with Crippen molar-refractivity contribution in [3.05, 3.63) is 88.1 Å². The maximum absolute atomic E-state index is 13.4. The fourth-order valence-corrected chi connectivity index (χ4v) is 3.76. The van der Waals surface area contributed by atoms with Crippen molar-refractivity contribution in [3.63, 3.8) is 0 Å². The number of carbonyl (C=O) groups excluding carboxylic acids is 1. The minimum atomic E-state index is -0.0171. The number of amides is 1. The molecule has 130 valence electrons. The van der Waals surface area contributed by atoms with Crippen LogP contribution in [0, 0.1) is 6.92 Å². The Morgan fingerprint density at radius 1 is 1.12 bits per heavy atom. The number of nitrogens with zero attached hydrogens (tertiary/aromatic N) is 2. The molecule has 0 aliphatic heterocycles. The molecule has 0 saturated heterocycles. The zero-order chi connectivity index (χ0) is 17.9. The standard InChI is InChI=1S/C21H18N2O2S/c1-15-12-19(18-8-2-3-9-20(18)22-15)21(24)23(13-16-6-4-10-25-16)14-17-7-5-11-26-17/h2-12H,13-14H2,1H3. The van der Waals surface area contributed by atoms with Gasteiger partial charge in [-0.05, 0) is 42.6 Å². The lowest BCUT2D eigenvalue weighted by molar-refractivity contribution is 0.0721. The van der Waals surface area contributed by atoms with Crippen molar-refractivity contribution in [1.82, 2.24) is 9.88 Å². The van der Waals surface area contributed by atoms with Gasteiger partial charge in [0.05, 0.1) is 30.4 Å². The van der Waals surface area contributed by atoms with Gasteiger partial charge in [0.15, 0.2) is 0 Å². The lowest BCUT2D eigenvalue weighted by Crippen LogP contribution is -2.30. The lowest BCUT2D eigenvalue weighted by atomic mass is 10.1.